The zero-order valence-electron chi connectivity index (χ0n) is 16.2. The molecule has 0 bridgehead atoms. The summed E-state index contributed by atoms with van der Waals surface area (Å²) in [6, 6.07) is 9.44. The van der Waals surface area contributed by atoms with Gasteiger partial charge in [-0.15, -0.1) is 0 Å². The molecule has 0 unspecified atom stereocenters. The fourth-order valence-corrected chi connectivity index (χ4v) is 2.54. The van der Waals surface area contributed by atoms with Crippen molar-refractivity contribution in [3.63, 3.8) is 0 Å². The number of para-hydroxylation sites is 1. The van der Waals surface area contributed by atoms with Crippen LogP contribution in [0.4, 0.5) is 5.69 Å². The third kappa shape index (κ3) is 5.86. The highest BCUT2D eigenvalue weighted by Gasteiger charge is 2.20. The number of primary amides is 1. The lowest BCUT2D eigenvalue weighted by Gasteiger charge is -2.16. The fourth-order valence-electron chi connectivity index (χ4n) is 2.38. The van der Waals surface area contributed by atoms with Gasteiger partial charge in [0.25, 0.3) is 11.8 Å². The summed E-state index contributed by atoms with van der Waals surface area (Å²) >= 11 is 6.04. The molecule has 2 amide bonds. The number of carbonyl (C=O) groups excluding carboxylic acids is 3. The van der Waals surface area contributed by atoms with Crippen molar-refractivity contribution in [1.29, 1.82) is 0 Å². The maximum atomic E-state index is 12.4. The van der Waals surface area contributed by atoms with Crippen LogP contribution in [0.15, 0.2) is 36.4 Å². The average molecular weight is 421 g/mol. The van der Waals surface area contributed by atoms with E-state index in [4.69, 9.17) is 31.5 Å². The van der Waals surface area contributed by atoms with Gasteiger partial charge in [-0.2, -0.15) is 0 Å². The fraction of sp³-hybridized carbons (Fsp3) is 0.250. The van der Waals surface area contributed by atoms with Gasteiger partial charge in [0.2, 0.25) is 0 Å². The maximum absolute atomic E-state index is 12.4. The first-order valence-corrected chi connectivity index (χ1v) is 8.96. The molecule has 8 nitrogen and oxygen atoms in total. The zero-order chi connectivity index (χ0) is 21.6. The van der Waals surface area contributed by atoms with Crippen LogP contribution in [0.5, 0.6) is 11.5 Å². The van der Waals surface area contributed by atoms with Crippen molar-refractivity contribution in [2.24, 2.45) is 5.73 Å². The summed E-state index contributed by atoms with van der Waals surface area (Å²) in [4.78, 5) is 35.7. The van der Waals surface area contributed by atoms with Crippen molar-refractivity contribution in [3.8, 4) is 11.5 Å². The Hall–Kier alpha value is -3.26. The van der Waals surface area contributed by atoms with E-state index < -0.39 is 30.5 Å². The summed E-state index contributed by atoms with van der Waals surface area (Å²) in [6.07, 6.45) is -1.10. The number of benzene rings is 2. The lowest BCUT2D eigenvalue weighted by Crippen LogP contribution is -2.32. The van der Waals surface area contributed by atoms with Crippen LogP contribution >= 0.6 is 11.6 Å². The Balaban J connectivity index is 1.95. The van der Waals surface area contributed by atoms with Crippen LogP contribution in [0.2, 0.25) is 5.02 Å². The Morgan fingerprint density at radius 3 is 2.52 bits per heavy atom. The second kappa shape index (κ2) is 9.79. The number of ether oxygens (including phenoxy) is 3. The third-order valence-corrected chi connectivity index (χ3v) is 4.32. The smallest absolute Gasteiger partial charge is 0.344 e. The number of aryl methyl sites for hydroxylation is 1. The van der Waals surface area contributed by atoms with Gasteiger partial charge >= 0.3 is 5.97 Å². The first-order chi connectivity index (χ1) is 13.7. The van der Waals surface area contributed by atoms with Crippen molar-refractivity contribution in [3.05, 3.63) is 52.5 Å². The van der Waals surface area contributed by atoms with E-state index in [1.54, 1.807) is 31.2 Å². The number of anilines is 1. The van der Waals surface area contributed by atoms with Crippen molar-refractivity contribution in [2.45, 2.75) is 20.0 Å². The Labute approximate surface area is 172 Å². The molecule has 0 fully saturated rings. The van der Waals surface area contributed by atoms with E-state index in [0.29, 0.717) is 16.5 Å². The van der Waals surface area contributed by atoms with Crippen LogP contribution in [0.3, 0.4) is 0 Å². The number of hydrogen-bond acceptors (Lipinski definition) is 6. The molecule has 1 atom stereocenters. The SMILES string of the molecule is COc1cc(Cl)c(C)cc1NC(=O)[C@H](C)OC(=O)COc1ccccc1C(N)=O. The largest absolute Gasteiger partial charge is 0.495 e. The average Bonchev–Trinajstić information content (AvgIpc) is 2.68. The van der Waals surface area contributed by atoms with Gasteiger partial charge < -0.3 is 25.3 Å². The quantitative estimate of drug-likeness (QED) is 0.634. The van der Waals surface area contributed by atoms with E-state index in [1.165, 1.54) is 26.2 Å². The number of hydrogen-bond donors (Lipinski definition) is 2. The normalized spacial score (nSPS) is 11.3. The maximum Gasteiger partial charge on any atom is 0.344 e. The summed E-state index contributed by atoms with van der Waals surface area (Å²) < 4.78 is 15.6. The number of methoxy groups -OCH3 is 1. The van der Waals surface area contributed by atoms with Gasteiger partial charge in [-0.1, -0.05) is 23.7 Å². The number of nitrogens with two attached hydrogens (primary N) is 1. The molecule has 9 heteroatoms. The molecule has 0 heterocycles. The number of nitrogens with one attached hydrogen (secondary N) is 1. The summed E-state index contributed by atoms with van der Waals surface area (Å²) in [5, 5.41) is 3.12. The Morgan fingerprint density at radius 2 is 1.86 bits per heavy atom. The predicted octanol–water partition coefficient (Wildman–Crippen LogP) is 2.71. The van der Waals surface area contributed by atoms with Gasteiger partial charge in [-0.3, -0.25) is 9.59 Å². The van der Waals surface area contributed by atoms with Crippen molar-refractivity contribution in [2.75, 3.05) is 19.0 Å². The number of halogens is 1. The zero-order valence-corrected chi connectivity index (χ0v) is 16.9. The molecule has 0 aliphatic rings. The molecule has 0 spiro atoms. The number of rotatable bonds is 8. The minimum absolute atomic E-state index is 0.135. The summed E-state index contributed by atoms with van der Waals surface area (Å²) in [6.45, 7) is 2.70. The van der Waals surface area contributed by atoms with E-state index in [-0.39, 0.29) is 11.3 Å². The van der Waals surface area contributed by atoms with E-state index in [0.717, 1.165) is 5.56 Å². The van der Waals surface area contributed by atoms with Gasteiger partial charge in [-0.05, 0) is 37.6 Å². The molecule has 2 rings (SSSR count). The van der Waals surface area contributed by atoms with E-state index in [9.17, 15) is 14.4 Å². The molecule has 29 heavy (non-hydrogen) atoms. The molecule has 0 saturated heterocycles. The Bertz CT molecular complexity index is 931. The minimum atomic E-state index is -1.10. The van der Waals surface area contributed by atoms with Crippen LogP contribution in [0.25, 0.3) is 0 Å². The van der Waals surface area contributed by atoms with Crippen LogP contribution in [0, 0.1) is 6.92 Å². The van der Waals surface area contributed by atoms with Gasteiger partial charge in [0.05, 0.1) is 18.4 Å². The molecular weight excluding hydrogens is 400 g/mol. The number of amides is 2. The predicted molar refractivity (Wildman–Crippen MR) is 107 cm³/mol. The van der Waals surface area contributed by atoms with Gasteiger partial charge in [0, 0.05) is 11.1 Å². The highest BCUT2D eigenvalue weighted by atomic mass is 35.5. The molecule has 154 valence electrons. The first-order valence-electron chi connectivity index (χ1n) is 8.59. The van der Waals surface area contributed by atoms with Gasteiger partial charge in [0.1, 0.15) is 11.5 Å². The van der Waals surface area contributed by atoms with Crippen LogP contribution in [-0.4, -0.2) is 37.6 Å². The minimum Gasteiger partial charge on any atom is -0.495 e. The van der Waals surface area contributed by atoms with Crippen LogP contribution < -0.4 is 20.5 Å². The second-order valence-electron chi connectivity index (χ2n) is 6.07. The molecule has 0 radical (unpaired) electrons. The topological polar surface area (TPSA) is 117 Å². The molecular formula is C20H21ClN2O6. The molecule has 2 aromatic carbocycles. The highest BCUT2D eigenvalue weighted by molar-refractivity contribution is 6.31. The lowest BCUT2D eigenvalue weighted by atomic mass is 10.2. The van der Waals surface area contributed by atoms with E-state index in [1.807, 2.05) is 0 Å². The standard InChI is InChI=1S/C20H21ClN2O6/c1-11-8-15(17(27-3)9-14(11)21)23-20(26)12(2)29-18(24)10-28-16-7-5-4-6-13(16)19(22)25/h4-9,12H,10H2,1-3H3,(H2,22,25)(H,23,26)/t12-/m0/s1. The van der Waals surface area contributed by atoms with Gasteiger partial charge in [-0.25, -0.2) is 4.79 Å². The molecule has 0 aliphatic heterocycles. The Kier molecular flexibility index (Phi) is 7.44. The monoisotopic (exact) mass is 420 g/mol. The van der Waals surface area contributed by atoms with E-state index >= 15 is 0 Å². The molecule has 3 N–H and O–H groups in total. The number of carbonyl (C=O) groups is 3. The van der Waals surface area contributed by atoms with Crippen molar-refractivity contribution >= 4 is 35.1 Å². The van der Waals surface area contributed by atoms with E-state index in [2.05, 4.69) is 5.32 Å². The van der Waals surface area contributed by atoms with Crippen LogP contribution in [-0.2, 0) is 14.3 Å². The van der Waals surface area contributed by atoms with Gasteiger partial charge in [0.15, 0.2) is 12.7 Å². The molecule has 0 saturated carbocycles. The third-order valence-electron chi connectivity index (χ3n) is 3.91. The number of esters is 1. The lowest BCUT2D eigenvalue weighted by molar-refractivity contribution is -0.155. The first kappa shape index (κ1) is 22.0. The molecule has 0 aromatic heterocycles. The van der Waals surface area contributed by atoms with Crippen molar-refractivity contribution in [1.82, 2.24) is 0 Å². The van der Waals surface area contributed by atoms with Crippen molar-refractivity contribution < 1.29 is 28.6 Å². The highest BCUT2D eigenvalue weighted by Crippen LogP contribution is 2.31. The summed E-state index contributed by atoms with van der Waals surface area (Å²) in [5.74, 6) is -1.51. The van der Waals surface area contributed by atoms with Crippen LogP contribution in [0.1, 0.15) is 22.8 Å². The summed E-state index contributed by atoms with van der Waals surface area (Å²) in [7, 11) is 1.45. The molecule has 0 aliphatic carbocycles. The summed E-state index contributed by atoms with van der Waals surface area (Å²) in [5.41, 5.74) is 6.53. The Morgan fingerprint density at radius 1 is 1.17 bits per heavy atom. The second-order valence-corrected chi connectivity index (χ2v) is 6.48. The molecule has 2 aromatic rings.